The maximum absolute atomic E-state index is 12.9. The number of nitrogens with one attached hydrogen (secondary N) is 3. The lowest BCUT2D eigenvalue weighted by Crippen LogP contribution is -2.28. The van der Waals surface area contributed by atoms with Crippen molar-refractivity contribution in [3.05, 3.63) is 29.2 Å². The van der Waals surface area contributed by atoms with Crippen LogP contribution < -0.4 is 20.9 Å². The summed E-state index contributed by atoms with van der Waals surface area (Å²) in [4.78, 5) is 33.6. The van der Waals surface area contributed by atoms with Gasteiger partial charge in [0.1, 0.15) is 11.4 Å². The van der Waals surface area contributed by atoms with Crippen LogP contribution >= 0.6 is 0 Å². The third-order valence-electron chi connectivity index (χ3n) is 6.98. The van der Waals surface area contributed by atoms with Gasteiger partial charge in [0.15, 0.2) is 17.3 Å². The van der Waals surface area contributed by atoms with Gasteiger partial charge < -0.3 is 20.9 Å². The maximum Gasteiger partial charge on any atom is 0.273 e. The Labute approximate surface area is 212 Å². The van der Waals surface area contributed by atoms with Crippen molar-refractivity contribution in [2.45, 2.75) is 44.6 Å². The Morgan fingerprint density at radius 2 is 1.94 bits per heavy atom. The van der Waals surface area contributed by atoms with E-state index in [1.54, 1.807) is 11.8 Å². The highest BCUT2D eigenvalue weighted by Crippen LogP contribution is 2.53. The number of carbonyl (C=O) groups is 2. The molecule has 0 unspecified atom stereocenters. The van der Waals surface area contributed by atoms with Gasteiger partial charge in [0.25, 0.3) is 5.91 Å². The van der Waals surface area contributed by atoms with E-state index in [2.05, 4.69) is 35.9 Å². The second-order valence-corrected chi connectivity index (χ2v) is 9.60. The van der Waals surface area contributed by atoms with Gasteiger partial charge in [-0.25, -0.2) is 4.98 Å². The molecule has 1 aliphatic heterocycles. The summed E-state index contributed by atoms with van der Waals surface area (Å²) in [5.74, 6) is -0.239. The van der Waals surface area contributed by atoms with Crippen LogP contribution in [0.2, 0.25) is 0 Å². The molecule has 4 heterocycles. The van der Waals surface area contributed by atoms with E-state index in [0.717, 1.165) is 53.9 Å². The first-order chi connectivity index (χ1) is 18.5. The zero-order valence-corrected chi connectivity index (χ0v) is 20.2. The number of carbonyl (C=O) groups excluding carboxylic acids is 2. The van der Waals surface area contributed by atoms with Crippen LogP contribution in [0, 0.1) is 5.92 Å². The molecule has 0 spiro atoms. The number of rotatable bonds is 6. The van der Waals surface area contributed by atoms with Gasteiger partial charge in [0, 0.05) is 48.9 Å². The Bertz CT molecular complexity index is 1500. The Hall–Kier alpha value is -4.09. The third-order valence-corrected chi connectivity index (χ3v) is 6.98. The van der Waals surface area contributed by atoms with Gasteiger partial charge in [-0.2, -0.15) is 15.0 Å². The number of fused-ring (bicyclic) bond motifs is 3. The number of amides is 2. The fourth-order valence-electron chi connectivity index (χ4n) is 4.64. The summed E-state index contributed by atoms with van der Waals surface area (Å²) in [6, 6.07) is 1.35. The molecule has 2 aliphatic carbocycles. The van der Waals surface area contributed by atoms with Crippen LogP contribution in [0.4, 0.5) is 23.0 Å². The van der Waals surface area contributed by atoms with Crippen LogP contribution in [0.5, 0.6) is 0 Å². The van der Waals surface area contributed by atoms with Crippen molar-refractivity contribution in [1.29, 1.82) is 0 Å². The van der Waals surface area contributed by atoms with Crippen LogP contribution in [-0.2, 0) is 11.8 Å². The molecule has 3 aliphatic rings. The lowest BCUT2D eigenvalue weighted by Gasteiger charge is -2.34. The topological polar surface area (TPSA) is 143 Å². The first-order valence-electron chi connectivity index (χ1n) is 13.5. The largest absolute Gasteiger partial charge is 0.363 e. The Balaban J connectivity index is 1.45. The fourth-order valence-corrected chi connectivity index (χ4v) is 4.64. The normalized spacial score (nSPS) is 19.9. The van der Waals surface area contributed by atoms with Gasteiger partial charge in [0.2, 0.25) is 5.91 Å². The summed E-state index contributed by atoms with van der Waals surface area (Å²) < 4.78 is 22.3. The number of hydrogen-bond donors (Lipinski definition) is 3. The minimum atomic E-state index is -2.73. The van der Waals surface area contributed by atoms with E-state index in [4.69, 9.17) is 9.10 Å². The van der Waals surface area contributed by atoms with Crippen molar-refractivity contribution < 1.29 is 13.7 Å². The number of anilines is 4. The molecule has 12 nitrogen and oxygen atoms in total. The lowest BCUT2D eigenvalue weighted by atomic mass is 9.93. The standard InChI is InChI=1S/C24H28N10O2/c1-11-18-20(32-34(4)31-18)17-14(12-5-6-12)10-26-22(21(17)33(11)3)27-15-9-16(28-23(35)13-7-8-13)29-30-19(15)24(36)25-2/h9-13H,5-8H2,1-4H3,(H,25,36)(H2,26,27,28,29,35)/t11-/m0/s1/i2D3. The van der Waals surface area contributed by atoms with E-state index in [9.17, 15) is 9.59 Å². The smallest absolute Gasteiger partial charge is 0.273 e. The molecular weight excluding hydrogens is 460 g/mol. The molecular formula is C24H28N10O2. The second kappa shape index (κ2) is 8.25. The summed E-state index contributed by atoms with van der Waals surface area (Å²) >= 11 is 0. The minimum Gasteiger partial charge on any atom is -0.363 e. The van der Waals surface area contributed by atoms with E-state index in [1.165, 1.54) is 6.07 Å². The first kappa shape index (κ1) is 19.1. The molecule has 6 rings (SSSR count). The molecule has 186 valence electrons. The average Bonchev–Trinajstić information content (AvgIpc) is 3.78. The molecule has 0 bridgehead atoms. The number of aromatic nitrogens is 6. The molecule has 2 fully saturated rings. The molecule has 3 aromatic heterocycles. The number of pyridine rings is 1. The highest BCUT2D eigenvalue weighted by molar-refractivity contribution is 6.01. The van der Waals surface area contributed by atoms with Crippen LogP contribution in [0.3, 0.4) is 0 Å². The molecule has 2 amide bonds. The van der Waals surface area contributed by atoms with Gasteiger partial charge >= 0.3 is 0 Å². The fraction of sp³-hybridized carbons (Fsp3) is 0.458. The molecule has 0 radical (unpaired) electrons. The Kier molecular flexibility index (Phi) is 4.38. The van der Waals surface area contributed by atoms with Gasteiger partial charge in [-0.15, -0.1) is 10.2 Å². The van der Waals surface area contributed by atoms with Crippen molar-refractivity contribution in [3.8, 4) is 11.3 Å². The van der Waals surface area contributed by atoms with Gasteiger partial charge in [-0.05, 0) is 44.1 Å². The number of aryl methyl sites for hydroxylation is 1. The van der Waals surface area contributed by atoms with Crippen molar-refractivity contribution in [2.24, 2.45) is 13.0 Å². The second-order valence-electron chi connectivity index (χ2n) is 9.60. The van der Waals surface area contributed by atoms with Crippen LogP contribution in [0.15, 0.2) is 12.3 Å². The molecule has 0 aromatic carbocycles. The highest BCUT2D eigenvalue weighted by atomic mass is 16.2. The van der Waals surface area contributed by atoms with Crippen molar-refractivity contribution >= 4 is 34.8 Å². The average molecular weight is 492 g/mol. The summed E-state index contributed by atoms with van der Waals surface area (Å²) in [7, 11) is 3.73. The van der Waals surface area contributed by atoms with Gasteiger partial charge in [0.05, 0.1) is 17.4 Å². The van der Waals surface area contributed by atoms with Crippen LogP contribution in [-0.4, -0.2) is 56.0 Å². The molecule has 3 aromatic rings. The highest BCUT2D eigenvalue weighted by Gasteiger charge is 2.38. The molecule has 0 saturated heterocycles. The minimum absolute atomic E-state index is 0.0679. The third kappa shape index (κ3) is 3.73. The van der Waals surface area contributed by atoms with E-state index in [1.807, 2.05) is 25.5 Å². The Morgan fingerprint density at radius 1 is 1.14 bits per heavy atom. The Morgan fingerprint density at radius 3 is 2.67 bits per heavy atom. The predicted molar refractivity (Wildman–Crippen MR) is 133 cm³/mol. The summed E-state index contributed by atoms with van der Waals surface area (Å²) in [5.41, 5.74) is 4.35. The maximum atomic E-state index is 12.9. The summed E-state index contributed by atoms with van der Waals surface area (Å²) in [5, 5.41) is 25.1. The predicted octanol–water partition coefficient (Wildman–Crippen LogP) is 2.51. The van der Waals surface area contributed by atoms with Crippen LogP contribution in [0.25, 0.3) is 11.3 Å². The van der Waals surface area contributed by atoms with E-state index < -0.39 is 12.9 Å². The van der Waals surface area contributed by atoms with Gasteiger partial charge in [-0.1, -0.05) is 0 Å². The summed E-state index contributed by atoms with van der Waals surface area (Å²) in [6.07, 6.45) is 5.55. The number of hydrogen-bond acceptors (Lipinski definition) is 9. The SMILES string of the molecule is [2H]C([2H])([2H])NC(=O)c1nnc(NC(=O)C2CC2)cc1Nc1ncc(C2CC2)c2c1N(C)[C@@H](C)c1nn(C)nc1-2. The van der Waals surface area contributed by atoms with Crippen molar-refractivity contribution in [1.82, 2.24) is 35.5 Å². The monoisotopic (exact) mass is 491 g/mol. The van der Waals surface area contributed by atoms with Gasteiger partial charge in [-0.3, -0.25) is 9.59 Å². The van der Waals surface area contributed by atoms with Crippen LogP contribution in [0.1, 0.15) is 70.4 Å². The quantitative estimate of drug-likeness (QED) is 0.474. The first-order valence-corrected chi connectivity index (χ1v) is 12.0. The lowest BCUT2D eigenvalue weighted by molar-refractivity contribution is -0.117. The molecule has 2 saturated carbocycles. The van der Waals surface area contributed by atoms with E-state index in [0.29, 0.717) is 11.7 Å². The van der Waals surface area contributed by atoms with Crippen molar-refractivity contribution in [3.63, 3.8) is 0 Å². The zero-order valence-electron chi connectivity index (χ0n) is 23.2. The molecule has 3 N–H and O–H groups in total. The molecule has 36 heavy (non-hydrogen) atoms. The zero-order chi connectivity index (χ0) is 27.6. The van der Waals surface area contributed by atoms with E-state index >= 15 is 0 Å². The number of nitrogens with zero attached hydrogens (tertiary/aromatic N) is 7. The molecule has 1 atom stereocenters. The molecule has 12 heteroatoms. The van der Waals surface area contributed by atoms with Crippen molar-refractivity contribution in [2.75, 3.05) is 29.6 Å². The summed E-state index contributed by atoms with van der Waals surface area (Å²) in [6.45, 7) is -0.699. The van der Waals surface area contributed by atoms with E-state index in [-0.39, 0.29) is 35.1 Å².